The average molecular weight is 224 g/mol. The Labute approximate surface area is 94.0 Å². The van der Waals surface area contributed by atoms with Gasteiger partial charge < -0.3 is 10.0 Å². The van der Waals surface area contributed by atoms with E-state index in [4.69, 9.17) is 0 Å². The maximum absolute atomic E-state index is 12.0. The Kier molecular flexibility index (Phi) is 2.17. The van der Waals surface area contributed by atoms with Crippen LogP contribution in [0.4, 0.5) is 4.79 Å². The van der Waals surface area contributed by atoms with Crippen molar-refractivity contribution in [2.75, 3.05) is 13.1 Å². The summed E-state index contributed by atoms with van der Waals surface area (Å²) in [6, 6.07) is -0.791. The lowest BCUT2D eigenvalue weighted by atomic mass is 10.00. The van der Waals surface area contributed by atoms with Crippen molar-refractivity contribution >= 4 is 11.9 Å². The molecule has 0 radical (unpaired) electrons. The second-order valence-electron chi connectivity index (χ2n) is 5.02. The van der Waals surface area contributed by atoms with Crippen LogP contribution in [-0.4, -0.2) is 52.1 Å². The van der Waals surface area contributed by atoms with Crippen LogP contribution in [0.5, 0.6) is 0 Å². The molecule has 5 nitrogen and oxygen atoms in total. The van der Waals surface area contributed by atoms with E-state index in [9.17, 15) is 14.7 Å². The van der Waals surface area contributed by atoms with E-state index in [1.54, 1.807) is 4.90 Å². The van der Waals surface area contributed by atoms with E-state index >= 15 is 0 Å². The van der Waals surface area contributed by atoms with Crippen LogP contribution in [-0.2, 0) is 4.79 Å². The summed E-state index contributed by atoms with van der Waals surface area (Å²) < 4.78 is 0. The predicted molar refractivity (Wildman–Crippen MR) is 55.6 cm³/mol. The molecular weight excluding hydrogens is 208 g/mol. The van der Waals surface area contributed by atoms with Gasteiger partial charge in [-0.3, -0.25) is 9.69 Å². The molecule has 2 unspecified atom stereocenters. The van der Waals surface area contributed by atoms with Crippen molar-refractivity contribution in [2.45, 2.75) is 37.8 Å². The molecule has 0 spiro atoms. The van der Waals surface area contributed by atoms with Crippen LogP contribution in [0.15, 0.2) is 0 Å². The Morgan fingerprint density at radius 3 is 2.62 bits per heavy atom. The van der Waals surface area contributed by atoms with E-state index in [0.717, 1.165) is 19.3 Å². The lowest BCUT2D eigenvalue weighted by Gasteiger charge is -2.30. The normalized spacial score (nSPS) is 34.6. The predicted octanol–water partition coefficient (Wildman–Crippen LogP) is 0.184. The van der Waals surface area contributed by atoms with Crippen molar-refractivity contribution in [2.24, 2.45) is 5.92 Å². The van der Waals surface area contributed by atoms with Gasteiger partial charge in [-0.05, 0) is 31.6 Å². The summed E-state index contributed by atoms with van der Waals surface area (Å²) in [5, 5.41) is 9.79. The summed E-state index contributed by atoms with van der Waals surface area (Å²) in [7, 11) is 0. The smallest absolute Gasteiger partial charge is 0.327 e. The van der Waals surface area contributed by atoms with Crippen molar-refractivity contribution in [1.82, 2.24) is 9.80 Å². The van der Waals surface area contributed by atoms with Crippen molar-refractivity contribution < 1.29 is 14.7 Å². The number of aliphatic hydroxyl groups is 1. The third-order valence-corrected chi connectivity index (χ3v) is 3.73. The highest BCUT2D eigenvalue weighted by molar-refractivity contribution is 6.04. The number of fused-ring (bicyclic) bond motifs is 1. The lowest BCUT2D eigenvalue weighted by molar-refractivity contribution is -0.132. The fourth-order valence-electron chi connectivity index (χ4n) is 2.62. The monoisotopic (exact) mass is 224 g/mol. The first-order chi connectivity index (χ1) is 7.68. The summed E-state index contributed by atoms with van der Waals surface area (Å²) in [6.07, 6.45) is 2.97. The number of piperidine rings is 1. The molecule has 3 aliphatic rings. The zero-order valence-corrected chi connectivity index (χ0v) is 9.13. The fourth-order valence-corrected chi connectivity index (χ4v) is 2.62. The molecule has 2 aliphatic heterocycles. The highest BCUT2D eigenvalue weighted by Gasteiger charge is 2.50. The van der Waals surface area contributed by atoms with Crippen molar-refractivity contribution in [1.29, 1.82) is 0 Å². The van der Waals surface area contributed by atoms with Crippen molar-refractivity contribution in [3.63, 3.8) is 0 Å². The number of hydrogen-bond donors (Lipinski definition) is 1. The third-order valence-electron chi connectivity index (χ3n) is 3.73. The Balaban J connectivity index is 1.81. The van der Waals surface area contributed by atoms with E-state index in [-0.39, 0.29) is 11.9 Å². The largest absolute Gasteiger partial charge is 0.390 e. The van der Waals surface area contributed by atoms with Crippen LogP contribution in [0.1, 0.15) is 25.7 Å². The van der Waals surface area contributed by atoms with Gasteiger partial charge in [0.1, 0.15) is 6.04 Å². The molecule has 16 heavy (non-hydrogen) atoms. The molecule has 3 amide bonds. The number of amides is 3. The Bertz CT molecular complexity index is 340. The van der Waals surface area contributed by atoms with Crippen LogP contribution in [0.2, 0.25) is 0 Å². The minimum Gasteiger partial charge on any atom is -0.390 e. The maximum Gasteiger partial charge on any atom is 0.327 e. The molecule has 3 fully saturated rings. The molecule has 1 aliphatic carbocycles. The van der Waals surface area contributed by atoms with Gasteiger partial charge in [0.25, 0.3) is 5.91 Å². The maximum atomic E-state index is 12.0. The number of aliphatic hydroxyl groups excluding tert-OH is 1. The first-order valence-electron chi connectivity index (χ1n) is 5.98. The van der Waals surface area contributed by atoms with Crippen LogP contribution in [0, 0.1) is 5.92 Å². The molecule has 88 valence electrons. The topological polar surface area (TPSA) is 60.9 Å². The molecule has 0 bridgehead atoms. The van der Waals surface area contributed by atoms with Gasteiger partial charge in [0.2, 0.25) is 0 Å². The van der Waals surface area contributed by atoms with E-state index in [2.05, 4.69) is 0 Å². The Morgan fingerprint density at radius 2 is 2.00 bits per heavy atom. The van der Waals surface area contributed by atoms with Gasteiger partial charge in [0.05, 0.1) is 6.10 Å². The molecule has 1 N–H and O–H groups in total. The standard InChI is InChI=1S/C11H16N2O3/c14-8-2-1-5-12-9(8)10(15)13(11(12)16)6-7-3-4-7/h7-9,14H,1-6H2. The second-order valence-corrected chi connectivity index (χ2v) is 5.02. The van der Waals surface area contributed by atoms with Gasteiger partial charge in [0, 0.05) is 13.1 Å². The fraction of sp³-hybridized carbons (Fsp3) is 0.818. The van der Waals surface area contributed by atoms with Gasteiger partial charge in [-0.15, -0.1) is 0 Å². The number of carbonyl (C=O) groups is 2. The quantitative estimate of drug-likeness (QED) is 0.681. The van der Waals surface area contributed by atoms with Crippen LogP contribution in [0.3, 0.4) is 0 Å². The minimum atomic E-state index is -0.672. The second kappa shape index (κ2) is 3.45. The summed E-state index contributed by atoms with van der Waals surface area (Å²) in [6.45, 7) is 1.16. The number of imide groups is 1. The summed E-state index contributed by atoms with van der Waals surface area (Å²) in [5.74, 6) is 0.315. The molecule has 5 heteroatoms. The van der Waals surface area contributed by atoms with E-state index in [0.29, 0.717) is 25.4 Å². The summed E-state index contributed by atoms with van der Waals surface area (Å²) in [5.41, 5.74) is 0. The third kappa shape index (κ3) is 1.42. The van der Waals surface area contributed by atoms with Crippen LogP contribution < -0.4 is 0 Å². The Morgan fingerprint density at radius 1 is 1.25 bits per heavy atom. The number of urea groups is 1. The van der Waals surface area contributed by atoms with E-state index < -0.39 is 12.1 Å². The number of nitrogens with zero attached hydrogens (tertiary/aromatic N) is 2. The number of hydrogen-bond acceptors (Lipinski definition) is 3. The number of carbonyl (C=O) groups excluding carboxylic acids is 2. The van der Waals surface area contributed by atoms with Gasteiger partial charge >= 0.3 is 6.03 Å². The summed E-state index contributed by atoms with van der Waals surface area (Å²) >= 11 is 0. The molecule has 2 heterocycles. The Hall–Kier alpha value is -1.10. The van der Waals surface area contributed by atoms with Gasteiger partial charge in [0.15, 0.2) is 0 Å². The molecule has 0 aromatic carbocycles. The molecule has 0 aromatic heterocycles. The molecule has 1 saturated carbocycles. The number of rotatable bonds is 2. The molecule has 3 rings (SSSR count). The van der Waals surface area contributed by atoms with Crippen molar-refractivity contribution in [3.05, 3.63) is 0 Å². The van der Waals surface area contributed by atoms with Gasteiger partial charge in [-0.25, -0.2) is 4.79 Å². The highest BCUT2D eigenvalue weighted by atomic mass is 16.3. The van der Waals surface area contributed by atoms with Crippen molar-refractivity contribution in [3.8, 4) is 0 Å². The van der Waals surface area contributed by atoms with Gasteiger partial charge in [-0.1, -0.05) is 0 Å². The van der Waals surface area contributed by atoms with Crippen LogP contribution in [0.25, 0.3) is 0 Å². The molecule has 2 atom stereocenters. The molecular formula is C11H16N2O3. The van der Waals surface area contributed by atoms with Crippen LogP contribution >= 0.6 is 0 Å². The SMILES string of the molecule is O=C1C2C(O)CCCN2C(=O)N1CC1CC1. The highest BCUT2D eigenvalue weighted by Crippen LogP contribution is 2.33. The van der Waals surface area contributed by atoms with E-state index in [1.165, 1.54) is 4.90 Å². The lowest BCUT2D eigenvalue weighted by Crippen LogP contribution is -2.48. The first-order valence-corrected chi connectivity index (χ1v) is 5.98. The van der Waals surface area contributed by atoms with Gasteiger partial charge in [-0.2, -0.15) is 0 Å². The first kappa shape index (κ1) is 10.1. The summed E-state index contributed by atoms with van der Waals surface area (Å²) in [4.78, 5) is 26.9. The van der Waals surface area contributed by atoms with E-state index in [1.807, 2.05) is 0 Å². The average Bonchev–Trinajstić information content (AvgIpc) is 3.03. The molecule has 0 aromatic rings. The minimum absolute atomic E-state index is 0.191. The zero-order chi connectivity index (χ0) is 11.3. The molecule has 2 saturated heterocycles. The zero-order valence-electron chi connectivity index (χ0n) is 9.13.